The van der Waals surface area contributed by atoms with Gasteiger partial charge < -0.3 is 15.2 Å². The van der Waals surface area contributed by atoms with Crippen LogP contribution >= 0.6 is 0 Å². The van der Waals surface area contributed by atoms with Crippen molar-refractivity contribution in [3.05, 3.63) is 29.8 Å². The Morgan fingerprint density at radius 3 is 2.73 bits per heavy atom. The Kier molecular flexibility index (Phi) is 3.23. The van der Waals surface area contributed by atoms with Crippen LogP contribution in [0.3, 0.4) is 0 Å². The second-order valence-corrected chi connectivity index (χ2v) is 3.94. The molecule has 15 heavy (non-hydrogen) atoms. The molecule has 0 aliphatic carbocycles. The van der Waals surface area contributed by atoms with Gasteiger partial charge in [0, 0.05) is 18.6 Å². The van der Waals surface area contributed by atoms with Crippen LogP contribution in [-0.2, 0) is 0 Å². The monoisotopic (exact) mass is 207 g/mol. The number of methoxy groups -OCH3 is 1. The minimum absolute atomic E-state index is 0.254. The third-order valence-electron chi connectivity index (χ3n) is 3.06. The van der Waals surface area contributed by atoms with E-state index in [1.807, 2.05) is 12.1 Å². The molecular formula is C12H17NO2. The summed E-state index contributed by atoms with van der Waals surface area (Å²) in [6.07, 6.45) is 1.05. The maximum absolute atomic E-state index is 9.23. The Balaban J connectivity index is 2.14. The molecule has 1 aliphatic heterocycles. The molecule has 0 radical (unpaired) electrons. The molecule has 1 heterocycles. The summed E-state index contributed by atoms with van der Waals surface area (Å²) in [4.78, 5) is 0. The average Bonchev–Trinajstić information content (AvgIpc) is 2.77. The van der Waals surface area contributed by atoms with Crippen molar-refractivity contribution in [1.29, 1.82) is 0 Å². The Morgan fingerprint density at radius 1 is 1.40 bits per heavy atom. The Labute approximate surface area is 90.1 Å². The van der Waals surface area contributed by atoms with Crippen molar-refractivity contribution >= 4 is 0 Å². The van der Waals surface area contributed by atoms with Gasteiger partial charge in [-0.3, -0.25) is 0 Å². The van der Waals surface area contributed by atoms with E-state index in [4.69, 9.17) is 4.74 Å². The summed E-state index contributed by atoms with van der Waals surface area (Å²) < 4.78 is 5.12. The summed E-state index contributed by atoms with van der Waals surface area (Å²) in [5.74, 6) is 1.22. The molecule has 0 amide bonds. The van der Waals surface area contributed by atoms with E-state index in [9.17, 15) is 5.11 Å². The van der Waals surface area contributed by atoms with Crippen molar-refractivity contribution in [1.82, 2.24) is 5.32 Å². The van der Waals surface area contributed by atoms with E-state index in [0.29, 0.717) is 12.0 Å². The zero-order valence-corrected chi connectivity index (χ0v) is 8.94. The van der Waals surface area contributed by atoms with Gasteiger partial charge in [0.2, 0.25) is 0 Å². The van der Waals surface area contributed by atoms with Crippen LogP contribution in [0.25, 0.3) is 0 Å². The highest BCUT2D eigenvalue weighted by Crippen LogP contribution is 2.29. The standard InChI is InChI=1S/C12H17NO2/c1-15-11-4-2-9(3-5-11)12-10(8-14)6-7-13-12/h2-5,10,12-14H,6-8H2,1H3/t10-,12+/m0/s1. The molecule has 1 fully saturated rings. The molecule has 2 N–H and O–H groups in total. The molecule has 82 valence electrons. The Bertz CT molecular complexity index is 310. The van der Waals surface area contributed by atoms with Crippen LogP contribution in [0.15, 0.2) is 24.3 Å². The van der Waals surface area contributed by atoms with E-state index in [1.54, 1.807) is 7.11 Å². The fourth-order valence-electron chi connectivity index (χ4n) is 2.16. The second kappa shape index (κ2) is 4.64. The zero-order chi connectivity index (χ0) is 10.7. The number of aliphatic hydroxyl groups excluding tert-OH is 1. The van der Waals surface area contributed by atoms with Crippen molar-refractivity contribution in [2.24, 2.45) is 5.92 Å². The van der Waals surface area contributed by atoms with Gasteiger partial charge in [0.15, 0.2) is 0 Å². The molecule has 1 aromatic rings. The van der Waals surface area contributed by atoms with Gasteiger partial charge in [0.1, 0.15) is 5.75 Å². The number of hydrogen-bond acceptors (Lipinski definition) is 3. The first-order valence-corrected chi connectivity index (χ1v) is 5.33. The average molecular weight is 207 g/mol. The van der Waals surface area contributed by atoms with Gasteiger partial charge >= 0.3 is 0 Å². The number of benzene rings is 1. The maximum Gasteiger partial charge on any atom is 0.118 e. The lowest BCUT2D eigenvalue weighted by molar-refractivity contribution is 0.214. The Hall–Kier alpha value is -1.06. The predicted octanol–water partition coefficient (Wildman–Crippen LogP) is 1.34. The van der Waals surface area contributed by atoms with Crippen molar-refractivity contribution in [3.63, 3.8) is 0 Å². The number of nitrogens with one attached hydrogen (secondary N) is 1. The lowest BCUT2D eigenvalue weighted by atomic mass is 9.95. The Morgan fingerprint density at radius 2 is 2.13 bits per heavy atom. The van der Waals surface area contributed by atoms with Gasteiger partial charge in [-0.1, -0.05) is 12.1 Å². The normalized spacial score (nSPS) is 25.5. The lowest BCUT2D eigenvalue weighted by Gasteiger charge is -2.18. The molecule has 3 heteroatoms. The van der Waals surface area contributed by atoms with E-state index in [2.05, 4.69) is 17.4 Å². The summed E-state index contributed by atoms with van der Waals surface area (Å²) in [5.41, 5.74) is 1.23. The summed E-state index contributed by atoms with van der Waals surface area (Å²) in [5, 5.41) is 12.6. The third kappa shape index (κ3) is 2.13. The van der Waals surface area contributed by atoms with E-state index in [-0.39, 0.29) is 6.61 Å². The first kappa shape index (κ1) is 10.5. The molecule has 0 saturated carbocycles. The van der Waals surface area contributed by atoms with Gasteiger partial charge in [0.05, 0.1) is 7.11 Å². The van der Waals surface area contributed by atoms with Gasteiger partial charge in [-0.15, -0.1) is 0 Å². The van der Waals surface area contributed by atoms with Crippen LogP contribution < -0.4 is 10.1 Å². The summed E-state index contributed by atoms with van der Waals surface area (Å²) in [6.45, 7) is 1.24. The lowest BCUT2D eigenvalue weighted by Crippen LogP contribution is -2.19. The minimum Gasteiger partial charge on any atom is -0.497 e. The zero-order valence-electron chi connectivity index (χ0n) is 8.94. The predicted molar refractivity (Wildman–Crippen MR) is 58.9 cm³/mol. The molecule has 0 aromatic heterocycles. The van der Waals surface area contributed by atoms with Gasteiger partial charge in [-0.25, -0.2) is 0 Å². The van der Waals surface area contributed by atoms with E-state index < -0.39 is 0 Å². The minimum atomic E-state index is 0.254. The van der Waals surface area contributed by atoms with E-state index >= 15 is 0 Å². The van der Waals surface area contributed by atoms with Crippen LogP contribution in [0, 0.1) is 5.92 Å². The van der Waals surface area contributed by atoms with Crippen LogP contribution in [-0.4, -0.2) is 25.4 Å². The van der Waals surface area contributed by atoms with Gasteiger partial charge in [-0.2, -0.15) is 0 Å². The summed E-state index contributed by atoms with van der Waals surface area (Å²) >= 11 is 0. The maximum atomic E-state index is 9.23. The van der Waals surface area contributed by atoms with E-state index in [0.717, 1.165) is 18.7 Å². The number of hydrogen-bond donors (Lipinski definition) is 2. The highest BCUT2D eigenvalue weighted by Gasteiger charge is 2.27. The first-order valence-electron chi connectivity index (χ1n) is 5.33. The summed E-state index contributed by atoms with van der Waals surface area (Å²) in [7, 11) is 1.67. The van der Waals surface area contributed by atoms with Crippen molar-refractivity contribution in [3.8, 4) is 5.75 Å². The van der Waals surface area contributed by atoms with Gasteiger partial charge in [0.25, 0.3) is 0 Å². The van der Waals surface area contributed by atoms with Crippen molar-refractivity contribution in [2.45, 2.75) is 12.5 Å². The summed E-state index contributed by atoms with van der Waals surface area (Å²) in [6, 6.07) is 8.34. The molecule has 1 aliphatic rings. The number of rotatable bonds is 3. The van der Waals surface area contributed by atoms with Crippen molar-refractivity contribution < 1.29 is 9.84 Å². The number of aliphatic hydroxyl groups is 1. The fraction of sp³-hybridized carbons (Fsp3) is 0.500. The topological polar surface area (TPSA) is 41.5 Å². The molecular weight excluding hydrogens is 190 g/mol. The van der Waals surface area contributed by atoms with Crippen LogP contribution in [0.4, 0.5) is 0 Å². The molecule has 2 atom stereocenters. The molecule has 0 unspecified atom stereocenters. The van der Waals surface area contributed by atoms with E-state index in [1.165, 1.54) is 5.56 Å². The fourth-order valence-corrected chi connectivity index (χ4v) is 2.16. The van der Waals surface area contributed by atoms with Crippen LogP contribution in [0.2, 0.25) is 0 Å². The number of ether oxygens (including phenoxy) is 1. The molecule has 0 bridgehead atoms. The molecule has 3 nitrogen and oxygen atoms in total. The van der Waals surface area contributed by atoms with Gasteiger partial charge in [-0.05, 0) is 30.7 Å². The quantitative estimate of drug-likeness (QED) is 0.786. The highest BCUT2D eigenvalue weighted by atomic mass is 16.5. The third-order valence-corrected chi connectivity index (χ3v) is 3.06. The second-order valence-electron chi connectivity index (χ2n) is 3.94. The molecule has 1 saturated heterocycles. The van der Waals surface area contributed by atoms with Crippen molar-refractivity contribution in [2.75, 3.05) is 20.3 Å². The molecule has 1 aromatic carbocycles. The smallest absolute Gasteiger partial charge is 0.118 e. The largest absolute Gasteiger partial charge is 0.497 e. The first-order chi connectivity index (χ1) is 7.35. The molecule has 0 spiro atoms. The SMILES string of the molecule is COc1ccc([C@H]2NCC[C@H]2CO)cc1. The van der Waals surface area contributed by atoms with Crippen LogP contribution in [0.5, 0.6) is 5.75 Å². The molecule has 2 rings (SSSR count). The van der Waals surface area contributed by atoms with Crippen LogP contribution in [0.1, 0.15) is 18.0 Å². The highest BCUT2D eigenvalue weighted by molar-refractivity contribution is 5.30.